The van der Waals surface area contributed by atoms with Gasteiger partial charge in [-0.05, 0) is 50.6 Å². The predicted octanol–water partition coefficient (Wildman–Crippen LogP) is 2.07. The molecule has 1 aromatic carbocycles. The number of hydrogen-bond donors (Lipinski definition) is 1. The third-order valence-corrected chi connectivity index (χ3v) is 5.49. The van der Waals surface area contributed by atoms with Crippen LogP contribution in [0, 0.1) is 5.41 Å². The molecule has 0 bridgehead atoms. The molecule has 0 radical (unpaired) electrons. The molecule has 1 aromatic rings. The molecule has 0 unspecified atom stereocenters. The summed E-state index contributed by atoms with van der Waals surface area (Å²) in [4.78, 5) is 16.6. The Hall–Kier alpha value is -1.59. The summed E-state index contributed by atoms with van der Waals surface area (Å²) in [5, 5.41) is 9.93. The zero-order valence-corrected chi connectivity index (χ0v) is 14.0. The molecule has 126 valence electrons. The van der Waals surface area contributed by atoms with Crippen molar-refractivity contribution < 1.29 is 14.6 Å². The number of fused-ring (bicyclic) bond motifs is 1. The van der Waals surface area contributed by atoms with E-state index in [0.717, 1.165) is 44.6 Å². The van der Waals surface area contributed by atoms with Crippen molar-refractivity contribution in [2.45, 2.75) is 31.8 Å². The minimum Gasteiger partial charge on any atom is -0.497 e. The van der Waals surface area contributed by atoms with E-state index in [4.69, 9.17) is 4.74 Å². The van der Waals surface area contributed by atoms with Gasteiger partial charge in [0.05, 0.1) is 12.5 Å². The summed E-state index contributed by atoms with van der Waals surface area (Å²) in [5.74, 6) is 0.215. The zero-order chi connectivity index (χ0) is 16.4. The molecule has 0 spiro atoms. The van der Waals surface area contributed by atoms with Crippen LogP contribution in [0.3, 0.4) is 0 Å². The van der Waals surface area contributed by atoms with Crippen LogP contribution < -0.4 is 4.74 Å². The number of rotatable bonds is 4. The summed E-state index contributed by atoms with van der Waals surface area (Å²) in [6.07, 6.45) is 2.67. The van der Waals surface area contributed by atoms with E-state index in [2.05, 4.69) is 22.9 Å². The van der Waals surface area contributed by atoms with E-state index in [9.17, 15) is 9.90 Å². The number of carboxylic acid groups (broad SMARTS) is 1. The van der Waals surface area contributed by atoms with Crippen LogP contribution in [0.2, 0.25) is 0 Å². The minimum absolute atomic E-state index is 0.162. The topological polar surface area (TPSA) is 53.0 Å². The molecule has 5 heteroatoms. The third kappa shape index (κ3) is 3.08. The smallest absolute Gasteiger partial charge is 0.312 e. The maximum atomic E-state index is 12.1. The van der Waals surface area contributed by atoms with Gasteiger partial charge in [0.1, 0.15) is 5.75 Å². The van der Waals surface area contributed by atoms with Crippen LogP contribution in [0.5, 0.6) is 5.75 Å². The number of carboxylic acids is 1. The molecular weight excluding hydrogens is 292 g/mol. The first-order valence-corrected chi connectivity index (χ1v) is 8.34. The van der Waals surface area contributed by atoms with Gasteiger partial charge in [0, 0.05) is 25.7 Å². The summed E-state index contributed by atoms with van der Waals surface area (Å²) >= 11 is 0. The standard InChI is InChI=1S/C18H26N2O3/c1-19-9-4-8-18(17(21)22)13-20(10-7-16(18)19)12-14-5-3-6-15(11-14)23-2/h3,5-6,11,16H,4,7-10,12-13H2,1-2H3,(H,21,22)/t16-,18+/m1/s1. The lowest BCUT2D eigenvalue weighted by Gasteiger charge is -2.52. The number of piperidine rings is 2. The molecule has 2 atom stereocenters. The Morgan fingerprint density at radius 2 is 2.26 bits per heavy atom. The normalized spacial score (nSPS) is 29.0. The van der Waals surface area contributed by atoms with E-state index in [1.165, 1.54) is 5.56 Å². The van der Waals surface area contributed by atoms with Crippen molar-refractivity contribution in [3.63, 3.8) is 0 Å². The van der Waals surface area contributed by atoms with Crippen molar-refractivity contribution in [3.8, 4) is 5.75 Å². The Bertz CT molecular complexity index is 577. The van der Waals surface area contributed by atoms with Gasteiger partial charge in [-0.25, -0.2) is 0 Å². The summed E-state index contributed by atoms with van der Waals surface area (Å²) in [6.45, 7) is 3.37. The monoisotopic (exact) mass is 318 g/mol. The van der Waals surface area contributed by atoms with E-state index < -0.39 is 11.4 Å². The Morgan fingerprint density at radius 1 is 1.43 bits per heavy atom. The molecule has 23 heavy (non-hydrogen) atoms. The van der Waals surface area contributed by atoms with Gasteiger partial charge in [0.25, 0.3) is 0 Å². The highest BCUT2D eigenvalue weighted by atomic mass is 16.5. The number of carbonyl (C=O) groups is 1. The summed E-state index contributed by atoms with van der Waals surface area (Å²) in [6, 6.07) is 8.20. The Morgan fingerprint density at radius 3 is 3.00 bits per heavy atom. The first-order chi connectivity index (χ1) is 11.0. The van der Waals surface area contributed by atoms with Crippen molar-refractivity contribution in [3.05, 3.63) is 29.8 Å². The quantitative estimate of drug-likeness (QED) is 0.921. The van der Waals surface area contributed by atoms with Crippen molar-refractivity contribution in [2.75, 3.05) is 33.8 Å². The molecule has 2 aliphatic rings. The van der Waals surface area contributed by atoms with Gasteiger partial charge in [-0.15, -0.1) is 0 Å². The molecule has 0 aliphatic carbocycles. The van der Waals surface area contributed by atoms with Gasteiger partial charge in [-0.3, -0.25) is 9.69 Å². The van der Waals surface area contributed by atoms with E-state index in [1.54, 1.807) is 7.11 Å². The summed E-state index contributed by atoms with van der Waals surface area (Å²) in [5.41, 5.74) is 0.553. The number of hydrogen-bond acceptors (Lipinski definition) is 4. The maximum Gasteiger partial charge on any atom is 0.312 e. The largest absolute Gasteiger partial charge is 0.497 e. The first-order valence-electron chi connectivity index (χ1n) is 8.34. The van der Waals surface area contributed by atoms with Gasteiger partial charge in [-0.1, -0.05) is 12.1 Å². The van der Waals surface area contributed by atoms with Crippen LogP contribution in [-0.2, 0) is 11.3 Å². The lowest BCUT2D eigenvalue weighted by molar-refractivity contribution is -0.163. The van der Waals surface area contributed by atoms with E-state index in [0.29, 0.717) is 6.54 Å². The molecule has 0 amide bonds. The average Bonchev–Trinajstić information content (AvgIpc) is 2.55. The lowest BCUT2D eigenvalue weighted by atomic mass is 9.69. The SMILES string of the molecule is COc1cccc(CN2CC[C@H]3N(C)CCC[C@]3(C(=O)O)C2)c1. The molecule has 2 fully saturated rings. The van der Waals surface area contributed by atoms with Crippen molar-refractivity contribution in [1.82, 2.24) is 9.80 Å². The van der Waals surface area contributed by atoms with Crippen molar-refractivity contribution in [1.29, 1.82) is 0 Å². The molecule has 3 rings (SSSR count). The second kappa shape index (κ2) is 6.49. The molecule has 1 N–H and O–H groups in total. The molecule has 2 aliphatic heterocycles. The van der Waals surface area contributed by atoms with Gasteiger partial charge in [0.15, 0.2) is 0 Å². The Balaban J connectivity index is 1.77. The van der Waals surface area contributed by atoms with Crippen molar-refractivity contribution >= 4 is 5.97 Å². The van der Waals surface area contributed by atoms with Crippen molar-refractivity contribution in [2.24, 2.45) is 5.41 Å². The van der Waals surface area contributed by atoms with Gasteiger partial charge in [0.2, 0.25) is 0 Å². The molecule has 0 saturated carbocycles. The predicted molar refractivity (Wildman–Crippen MR) is 88.6 cm³/mol. The fraction of sp³-hybridized carbons (Fsp3) is 0.611. The Labute approximate surface area is 137 Å². The summed E-state index contributed by atoms with van der Waals surface area (Å²) < 4.78 is 5.28. The van der Waals surface area contributed by atoms with Crippen LogP contribution in [0.1, 0.15) is 24.8 Å². The van der Waals surface area contributed by atoms with Crippen LogP contribution >= 0.6 is 0 Å². The Kier molecular flexibility index (Phi) is 4.60. The van der Waals surface area contributed by atoms with Gasteiger partial charge >= 0.3 is 5.97 Å². The first kappa shape index (κ1) is 16.3. The second-order valence-corrected chi connectivity index (χ2v) is 6.91. The van der Waals surface area contributed by atoms with Gasteiger partial charge in [-0.2, -0.15) is 0 Å². The number of methoxy groups -OCH3 is 1. The van der Waals surface area contributed by atoms with E-state index >= 15 is 0 Å². The number of aliphatic carboxylic acids is 1. The van der Waals surface area contributed by atoms with Crippen LogP contribution in [0.4, 0.5) is 0 Å². The number of benzene rings is 1. The van der Waals surface area contributed by atoms with E-state index in [1.807, 2.05) is 18.2 Å². The highest BCUT2D eigenvalue weighted by Crippen LogP contribution is 2.41. The number of nitrogens with zero attached hydrogens (tertiary/aromatic N) is 2. The third-order valence-electron chi connectivity index (χ3n) is 5.49. The highest BCUT2D eigenvalue weighted by molar-refractivity contribution is 5.76. The minimum atomic E-state index is -0.635. The molecule has 2 saturated heterocycles. The molecular formula is C18H26N2O3. The number of likely N-dealkylation sites (tertiary alicyclic amines) is 2. The van der Waals surface area contributed by atoms with Crippen LogP contribution in [-0.4, -0.2) is 60.7 Å². The number of ether oxygens (including phenoxy) is 1. The molecule has 2 heterocycles. The van der Waals surface area contributed by atoms with Crippen LogP contribution in [0.25, 0.3) is 0 Å². The highest BCUT2D eigenvalue weighted by Gasteiger charge is 2.52. The zero-order valence-electron chi connectivity index (χ0n) is 14.0. The van der Waals surface area contributed by atoms with Crippen LogP contribution in [0.15, 0.2) is 24.3 Å². The maximum absolute atomic E-state index is 12.1. The molecule has 0 aromatic heterocycles. The fourth-order valence-electron chi connectivity index (χ4n) is 4.33. The fourth-order valence-corrected chi connectivity index (χ4v) is 4.33. The molecule has 5 nitrogen and oxygen atoms in total. The van der Waals surface area contributed by atoms with E-state index in [-0.39, 0.29) is 6.04 Å². The van der Waals surface area contributed by atoms with Gasteiger partial charge < -0.3 is 14.7 Å². The summed E-state index contributed by atoms with van der Waals surface area (Å²) in [7, 11) is 3.74. The lowest BCUT2D eigenvalue weighted by Crippen LogP contribution is -2.63. The second-order valence-electron chi connectivity index (χ2n) is 6.91. The average molecular weight is 318 g/mol.